The summed E-state index contributed by atoms with van der Waals surface area (Å²) < 4.78 is 6.99. The highest BCUT2D eigenvalue weighted by Gasteiger charge is 2.23. The van der Waals surface area contributed by atoms with Crippen LogP contribution < -0.4 is 5.32 Å². The minimum atomic E-state index is 0.305. The number of rotatable bonds is 4. The summed E-state index contributed by atoms with van der Waals surface area (Å²) in [4.78, 5) is 2.28. The SMILES string of the molecule is Cc1ccc(Br)cc1C(CC1CNCCO1)N(C)C. The van der Waals surface area contributed by atoms with Crippen molar-refractivity contribution in [3.8, 4) is 0 Å². The first kappa shape index (κ1) is 15.0. The van der Waals surface area contributed by atoms with Crippen LogP contribution in [-0.4, -0.2) is 44.8 Å². The number of ether oxygens (including phenoxy) is 1. The zero-order valence-electron chi connectivity index (χ0n) is 11.9. The predicted molar refractivity (Wildman–Crippen MR) is 82.5 cm³/mol. The fourth-order valence-corrected chi connectivity index (χ4v) is 2.99. The van der Waals surface area contributed by atoms with Gasteiger partial charge in [-0.3, -0.25) is 0 Å². The molecule has 1 N–H and O–H groups in total. The van der Waals surface area contributed by atoms with Gasteiger partial charge in [0, 0.05) is 23.6 Å². The molecule has 0 saturated carbocycles. The number of hydrogen-bond acceptors (Lipinski definition) is 3. The Kier molecular flexibility index (Phi) is 5.39. The lowest BCUT2D eigenvalue weighted by molar-refractivity contribution is 0.00888. The van der Waals surface area contributed by atoms with Crippen LogP contribution in [0.2, 0.25) is 0 Å². The lowest BCUT2D eigenvalue weighted by Gasteiger charge is -2.32. The average molecular weight is 327 g/mol. The molecule has 19 heavy (non-hydrogen) atoms. The zero-order chi connectivity index (χ0) is 13.8. The highest BCUT2D eigenvalue weighted by atomic mass is 79.9. The third kappa shape index (κ3) is 4.02. The molecule has 1 saturated heterocycles. The molecule has 1 aliphatic heterocycles. The fraction of sp³-hybridized carbons (Fsp3) is 0.600. The monoisotopic (exact) mass is 326 g/mol. The van der Waals surface area contributed by atoms with E-state index in [0.29, 0.717) is 12.1 Å². The molecular weight excluding hydrogens is 304 g/mol. The van der Waals surface area contributed by atoms with Crippen LogP contribution in [0.15, 0.2) is 22.7 Å². The Morgan fingerprint density at radius 3 is 2.89 bits per heavy atom. The second-order valence-electron chi connectivity index (χ2n) is 5.41. The van der Waals surface area contributed by atoms with E-state index in [1.807, 2.05) is 0 Å². The zero-order valence-corrected chi connectivity index (χ0v) is 13.5. The minimum Gasteiger partial charge on any atom is -0.376 e. The van der Waals surface area contributed by atoms with E-state index in [1.165, 1.54) is 11.1 Å². The summed E-state index contributed by atoms with van der Waals surface area (Å²) in [6.45, 7) is 4.93. The van der Waals surface area contributed by atoms with Gasteiger partial charge in [-0.1, -0.05) is 22.0 Å². The average Bonchev–Trinajstić information content (AvgIpc) is 2.40. The Balaban J connectivity index is 2.16. The van der Waals surface area contributed by atoms with E-state index in [-0.39, 0.29) is 0 Å². The molecule has 1 aliphatic rings. The molecule has 106 valence electrons. The van der Waals surface area contributed by atoms with Gasteiger partial charge in [-0.05, 0) is 50.7 Å². The molecule has 1 fully saturated rings. The van der Waals surface area contributed by atoms with Gasteiger partial charge >= 0.3 is 0 Å². The number of aryl methyl sites for hydroxylation is 1. The van der Waals surface area contributed by atoms with Crippen molar-refractivity contribution in [3.63, 3.8) is 0 Å². The summed E-state index contributed by atoms with van der Waals surface area (Å²) in [5.74, 6) is 0. The molecule has 2 rings (SSSR count). The van der Waals surface area contributed by atoms with Gasteiger partial charge in [-0.2, -0.15) is 0 Å². The molecule has 0 bridgehead atoms. The smallest absolute Gasteiger partial charge is 0.0718 e. The number of nitrogens with zero attached hydrogens (tertiary/aromatic N) is 1. The molecule has 0 radical (unpaired) electrons. The summed E-state index contributed by atoms with van der Waals surface area (Å²) in [6.07, 6.45) is 1.33. The number of hydrogen-bond donors (Lipinski definition) is 1. The Hall–Kier alpha value is -0.420. The maximum Gasteiger partial charge on any atom is 0.0718 e. The predicted octanol–water partition coefficient (Wildman–Crippen LogP) is 2.74. The first-order chi connectivity index (χ1) is 9.08. The molecule has 3 nitrogen and oxygen atoms in total. The first-order valence-electron chi connectivity index (χ1n) is 6.82. The molecule has 0 aromatic heterocycles. The van der Waals surface area contributed by atoms with Gasteiger partial charge in [-0.15, -0.1) is 0 Å². The van der Waals surface area contributed by atoms with Crippen molar-refractivity contribution in [2.45, 2.75) is 25.5 Å². The Labute approximate surface area is 124 Å². The van der Waals surface area contributed by atoms with E-state index in [4.69, 9.17) is 4.74 Å². The molecule has 2 atom stereocenters. The second kappa shape index (κ2) is 6.84. The highest BCUT2D eigenvalue weighted by molar-refractivity contribution is 9.10. The number of benzene rings is 1. The Morgan fingerprint density at radius 2 is 2.26 bits per heavy atom. The van der Waals surface area contributed by atoms with Crippen molar-refractivity contribution < 1.29 is 4.74 Å². The van der Waals surface area contributed by atoms with Crippen LogP contribution in [-0.2, 0) is 4.74 Å². The maximum atomic E-state index is 5.85. The lowest BCUT2D eigenvalue weighted by Crippen LogP contribution is -2.40. The molecule has 1 aromatic rings. The van der Waals surface area contributed by atoms with Crippen LogP contribution in [0.5, 0.6) is 0 Å². The van der Waals surface area contributed by atoms with Crippen molar-refractivity contribution in [2.24, 2.45) is 0 Å². The molecular formula is C15H23BrN2O. The van der Waals surface area contributed by atoms with Crippen molar-refractivity contribution in [1.29, 1.82) is 0 Å². The van der Waals surface area contributed by atoms with Gasteiger partial charge in [0.15, 0.2) is 0 Å². The van der Waals surface area contributed by atoms with Gasteiger partial charge in [-0.25, -0.2) is 0 Å². The van der Waals surface area contributed by atoms with Crippen LogP contribution in [0.1, 0.15) is 23.6 Å². The number of nitrogens with one attached hydrogen (secondary N) is 1. The van der Waals surface area contributed by atoms with Crippen molar-refractivity contribution in [1.82, 2.24) is 10.2 Å². The Bertz CT molecular complexity index is 417. The third-order valence-electron chi connectivity index (χ3n) is 3.71. The van der Waals surface area contributed by atoms with Crippen molar-refractivity contribution in [3.05, 3.63) is 33.8 Å². The maximum absolute atomic E-state index is 5.85. The molecule has 1 heterocycles. The van der Waals surface area contributed by atoms with E-state index in [1.54, 1.807) is 0 Å². The summed E-state index contributed by atoms with van der Waals surface area (Å²) in [5, 5.41) is 3.40. The quantitative estimate of drug-likeness (QED) is 0.920. The van der Waals surface area contributed by atoms with E-state index in [0.717, 1.165) is 30.6 Å². The van der Waals surface area contributed by atoms with Gasteiger partial charge in [0.2, 0.25) is 0 Å². The van der Waals surface area contributed by atoms with E-state index in [2.05, 4.69) is 65.4 Å². The molecule has 0 spiro atoms. The molecule has 4 heteroatoms. The topological polar surface area (TPSA) is 24.5 Å². The standard InChI is InChI=1S/C15H23BrN2O/c1-11-4-5-12(16)8-14(11)15(18(2)3)9-13-10-17-6-7-19-13/h4-5,8,13,15,17H,6-7,9-10H2,1-3H3. The fourth-order valence-electron chi connectivity index (χ4n) is 2.61. The van der Waals surface area contributed by atoms with Gasteiger partial charge in [0.1, 0.15) is 0 Å². The lowest BCUT2D eigenvalue weighted by atomic mass is 9.95. The van der Waals surface area contributed by atoms with Crippen molar-refractivity contribution >= 4 is 15.9 Å². The minimum absolute atomic E-state index is 0.305. The van der Waals surface area contributed by atoms with E-state index >= 15 is 0 Å². The summed E-state index contributed by atoms with van der Waals surface area (Å²) in [6, 6.07) is 6.90. The van der Waals surface area contributed by atoms with Gasteiger partial charge < -0.3 is 15.0 Å². The summed E-state index contributed by atoms with van der Waals surface area (Å²) >= 11 is 3.58. The van der Waals surface area contributed by atoms with Crippen molar-refractivity contribution in [2.75, 3.05) is 33.8 Å². The largest absolute Gasteiger partial charge is 0.376 e. The first-order valence-corrected chi connectivity index (χ1v) is 7.62. The molecule has 2 unspecified atom stereocenters. The number of halogens is 1. The van der Waals surface area contributed by atoms with Crippen LogP contribution in [0, 0.1) is 6.92 Å². The van der Waals surface area contributed by atoms with Crippen LogP contribution in [0.4, 0.5) is 0 Å². The van der Waals surface area contributed by atoms with Crippen LogP contribution in [0.3, 0.4) is 0 Å². The number of morpholine rings is 1. The van der Waals surface area contributed by atoms with Gasteiger partial charge in [0.05, 0.1) is 12.7 Å². The molecule has 0 amide bonds. The summed E-state index contributed by atoms with van der Waals surface area (Å²) in [7, 11) is 4.28. The molecule has 0 aliphatic carbocycles. The van der Waals surface area contributed by atoms with E-state index in [9.17, 15) is 0 Å². The highest BCUT2D eigenvalue weighted by Crippen LogP contribution is 2.29. The van der Waals surface area contributed by atoms with Crippen LogP contribution in [0.25, 0.3) is 0 Å². The Morgan fingerprint density at radius 1 is 1.47 bits per heavy atom. The van der Waals surface area contributed by atoms with Gasteiger partial charge in [0.25, 0.3) is 0 Å². The summed E-state index contributed by atoms with van der Waals surface area (Å²) in [5.41, 5.74) is 2.72. The van der Waals surface area contributed by atoms with Crippen LogP contribution >= 0.6 is 15.9 Å². The normalized spacial score (nSPS) is 21.6. The molecule has 1 aromatic carbocycles. The second-order valence-corrected chi connectivity index (χ2v) is 6.33. The third-order valence-corrected chi connectivity index (χ3v) is 4.21. The van der Waals surface area contributed by atoms with E-state index < -0.39 is 0 Å².